The number of hydrogen-bond acceptors (Lipinski definition) is 4. The molecular weight excluding hydrogens is 251 g/mol. The SMILES string of the molecule is CCOP(=O)(Cc1cc(C)ccc1OC)OCC. The van der Waals surface area contributed by atoms with E-state index in [4.69, 9.17) is 13.8 Å². The quantitative estimate of drug-likeness (QED) is 0.709. The van der Waals surface area contributed by atoms with E-state index >= 15 is 0 Å². The number of ether oxygens (including phenoxy) is 1. The van der Waals surface area contributed by atoms with Crippen LogP contribution in [0.5, 0.6) is 5.75 Å². The molecule has 0 aliphatic rings. The fourth-order valence-electron chi connectivity index (χ4n) is 1.76. The van der Waals surface area contributed by atoms with Crippen LogP contribution in [0.2, 0.25) is 0 Å². The van der Waals surface area contributed by atoms with E-state index in [0.717, 1.165) is 11.1 Å². The third-order valence-corrected chi connectivity index (χ3v) is 4.48. The van der Waals surface area contributed by atoms with Gasteiger partial charge < -0.3 is 13.8 Å². The molecule has 0 radical (unpaired) electrons. The minimum atomic E-state index is -3.08. The molecule has 1 rings (SSSR count). The van der Waals surface area contributed by atoms with E-state index in [1.165, 1.54) is 0 Å². The molecule has 1 aromatic rings. The molecule has 0 amide bonds. The lowest BCUT2D eigenvalue weighted by molar-refractivity contribution is 0.219. The number of rotatable bonds is 7. The summed E-state index contributed by atoms with van der Waals surface area (Å²) < 4.78 is 28.3. The second-order valence-electron chi connectivity index (χ2n) is 3.92. The molecule has 0 heterocycles. The minimum absolute atomic E-state index is 0.236. The van der Waals surface area contributed by atoms with E-state index in [-0.39, 0.29) is 6.16 Å². The van der Waals surface area contributed by atoms with Gasteiger partial charge in [-0.1, -0.05) is 17.7 Å². The van der Waals surface area contributed by atoms with Gasteiger partial charge in [-0.3, -0.25) is 4.57 Å². The maximum atomic E-state index is 12.5. The van der Waals surface area contributed by atoms with Crippen molar-refractivity contribution in [2.24, 2.45) is 0 Å². The Bertz CT molecular complexity index is 421. The summed E-state index contributed by atoms with van der Waals surface area (Å²) in [6.07, 6.45) is 0.236. The Morgan fingerprint density at radius 1 is 1.17 bits per heavy atom. The van der Waals surface area contributed by atoms with E-state index < -0.39 is 7.60 Å². The van der Waals surface area contributed by atoms with Crippen LogP contribution in [-0.4, -0.2) is 20.3 Å². The molecule has 0 fully saturated rings. The molecule has 0 aliphatic heterocycles. The summed E-state index contributed by atoms with van der Waals surface area (Å²) >= 11 is 0. The van der Waals surface area contributed by atoms with Gasteiger partial charge in [-0.25, -0.2) is 0 Å². The lowest BCUT2D eigenvalue weighted by atomic mass is 10.1. The highest BCUT2D eigenvalue weighted by atomic mass is 31.2. The average molecular weight is 272 g/mol. The van der Waals surface area contributed by atoms with Crippen LogP contribution < -0.4 is 4.74 Å². The van der Waals surface area contributed by atoms with Gasteiger partial charge in [0.2, 0.25) is 0 Å². The van der Waals surface area contributed by atoms with Crippen molar-refractivity contribution in [2.75, 3.05) is 20.3 Å². The lowest BCUT2D eigenvalue weighted by Crippen LogP contribution is -2.01. The zero-order valence-electron chi connectivity index (χ0n) is 11.4. The van der Waals surface area contributed by atoms with E-state index in [9.17, 15) is 4.57 Å². The van der Waals surface area contributed by atoms with Gasteiger partial charge in [0.25, 0.3) is 0 Å². The molecule has 0 unspecified atom stereocenters. The van der Waals surface area contributed by atoms with Crippen molar-refractivity contribution in [1.29, 1.82) is 0 Å². The molecule has 0 aromatic heterocycles. The first-order chi connectivity index (χ1) is 8.54. The summed E-state index contributed by atoms with van der Waals surface area (Å²) in [4.78, 5) is 0. The summed E-state index contributed by atoms with van der Waals surface area (Å²) in [5, 5.41) is 0. The monoisotopic (exact) mass is 272 g/mol. The van der Waals surface area contributed by atoms with Crippen molar-refractivity contribution in [3.63, 3.8) is 0 Å². The van der Waals surface area contributed by atoms with Crippen molar-refractivity contribution in [2.45, 2.75) is 26.9 Å². The summed E-state index contributed by atoms with van der Waals surface area (Å²) in [6.45, 7) is 6.32. The Labute approximate surface area is 109 Å². The second-order valence-corrected chi connectivity index (χ2v) is 5.97. The van der Waals surface area contributed by atoms with E-state index in [1.54, 1.807) is 21.0 Å². The Morgan fingerprint density at radius 2 is 1.78 bits per heavy atom. The van der Waals surface area contributed by atoms with Gasteiger partial charge in [0.1, 0.15) is 5.75 Å². The first kappa shape index (κ1) is 15.2. The van der Waals surface area contributed by atoms with Crippen molar-refractivity contribution in [1.82, 2.24) is 0 Å². The van der Waals surface area contributed by atoms with Gasteiger partial charge in [0.05, 0.1) is 26.5 Å². The summed E-state index contributed by atoms with van der Waals surface area (Å²) in [5.41, 5.74) is 1.94. The molecule has 102 valence electrons. The molecule has 18 heavy (non-hydrogen) atoms. The maximum Gasteiger partial charge on any atom is 0.335 e. The van der Waals surface area contributed by atoms with Crippen LogP contribution in [0.25, 0.3) is 0 Å². The van der Waals surface area contributed by atoms with Gasteiger partial charge in [-0.05, 0) is 26.8 Å². The minimum Gasteiger partial charge on any atom is -0.496 e. The largest absolute Gasteiger partial charge is 0.496 e. The second kappa shape index (κ2) is 6.93. The van der Waals surface area contributed by atoms with Crippen molar-refractivity contribution in [3.05, 3.63) is 29.3 Å². The zero-order chi connectivity index (χ0) is 13.6. The van der Waals surface area contributed by atoms with Crippen LogP contribution in [0.1, 0.15) is 25.0 Å². The Kier molecular flexibility index (Phi) is 5.86. The molecular formula is C13H21O4P. The zero-order valence-corrected chi connectivity index (χ0v) is 12.3. The highest BCUT2D eigenvalue weighted by Gasteiger charge is 2.25. The van der Waals surface area contributed by atoms with Crippen LogP contribution >= 0.6 is 7.60 Å². The predicted molar refractivity (Wildman–Crippen MR) is 72.3 cm³/mol. The fraction of sp³-hybridized carbons (Fsp3) is 0.538. The number of methoxy groups -OCH3 is 1. The average Bonchev–Trinajstić information content (AvgIpc) is 2.29. The van der Waals surface area contributed by atoms with Crippen LogP contribution in [0.3, 0.4) is 0 Å². The van der Waals surface area contributed by atoms with Gasteiger partial charge in [-0.15, -0.1) is 0 Å². The van der Waals surface area contributed by atoms with Gasteiger partial charge >= 0.3 is 7.60 Å². The molecule has 0 aliphatic carbocycles. The van der Waals surface area contributed by atoms with Gasteiger partial charge in [-0.2, -0.15) is 0 Å². The molecule has 5 heteroatoms. The predicted octanol–water partition coefficient (Wildman–Crippen LogP) is 3.77. The van der Waals surface area contributed by atoms with Crippen LogP contribution in [0.15, 0.2) is 18.2 Å². The third kappa shape index (κ3) is 4.13. The molecule has 0 N–H and O–H groups in total. The Balaban J connectivity index is 2.99. The highest BCUT2D eigenvalue weighted by molar-refractivity contribution is 7.53. The molecule has 0 saturated heterocycles. The third-order valence-electron chi connectivity index (χ3n) is 2.45. The topological polar surface area (TPSA) is 44.8 Å². The van der Waals surface area contributed by atoms with E-state index in [1.807, 2.05) is 25.1 Å². The summed E-state index contributed by atoms with van der Waals surface area (Å²) in [6, 6.07) is 5.77. The van der Waals surface area contributed by atoms with Crippen LogP contribution in [0.4, 0.5) is 0 Å². The van der Waals surface area contributed by atoms with Crippen LogP contribution in [-0.2, 0) is 19.8 Å². The van der Waals surface area contributed by atoms with Gasteiger partial charge in [0, 0.05) is 5.56 Å². The standard InChI is InChI=1S/C13H21O4P/c1-5-16-18(14,17-6-2)10-12-9-11(3)7-8-13(12)15-4/h7-9H,5-6,10H2,1-4H3. The smallest absolute Gasteiger partial charge is 0.335 e. The summed E-state index contributed by atoms with van der Waals surface area (Å²) in [7, 11) is -1.48. The lowest BCUT2D eigenvalue weighted by Gasteiger charge is -2.18. The van der Waals surface area contributed by atoms with Crippen molar-refractivity contribution >= 4 is 7.60 Å². The van der Waals surface area contributed by atoms with Crippen molar-refractivity contribution in [3.8, 4) is 5.75 Å². The first-order valence-electron chi connectivity index (χ1n) is 6.06. The van der Waals surface area contributed by atoms with Crippen molar-refractivity contribution < 1.29 is 18.3 Å². The van der Waals surface area contributed by atoms with E-state index in [0.29, 0.717) is 19.0 Å². The highest BCUT2D eigenvalue weighted by Crippen LogP contribution is 2.52. The molecule has 0 atom stereocenters. The molecule has 4 nitrogen and oxygen atoms in total. The normalized spacial score (nSPS) is 11.6. The molecule has 1 aromatic carbocycles. The Morgan fingerprint density at radius 3 is 2.28 bits per heavy atom. The fourth-order valence-corrected chi connectivity index (χ4v) is 3.47. The maximum absolute atomic E-state index is 12.5. The number of aryl methyl sites for hydroxylation is 1. The number of hydrogen-bond donors (Lipinski definition) is 0. The molecule has 0 saturated carbocycles. The number of benzene rings is 1. The van der Waals surface area contributed by atoms with E-state index in [2.05, 4.69) is 0 Å². The molecule has 0 bridgehead atoms. The van der Waals surface area contributed by atoms with Gasteiger partial charge in [0.15, 0.2) is 0 Å². The van der Waals surface area contributed by atoms with Crippen LogP contribution in [0, 0.1) is 6.92 Å². The molecule has 0 spiro atoms. The summed E-state index contributed by atoms with van der Waals surface area (Å²) in [5.74, 6) is 0.709. The Hall–Kier alpha value is -0.830. The first-order valence-corrected chi connectivity index (χ1v) is 7.79.